The molecule has 0 saturated carbocycles. The molecule has 0 amide bonds. The summed E-state index contributed by atoms with van der Waals surface area (Å²) in [5, 5.41) is 0. The highest BCUT2D eigenvalue weighted by Gasteiger charge is 2.22. The average Bonchev–Trinajstić information content (AvgIpc) is 2.61. The Kier molecular flexibility index (Phi) is 7.36. The molecule has 0 saturated heterocycles. The predicted molar refractivity (Wildman–Crippen MR) is 116 cm³/mol. The topological polar surface area (TPSA) is 37.4 Å². The van der Waals surface area contributed by atoms with Gasteiger partial charge < -0.3 is 0 Å². The molecule has 2 aromatic rings. The molecule has 0 bridgehead atoms. The van der Waals surface area contributed by atoms with Crippen LogP contribution in [0.4, 0.5) is 4.39 Å². The fourth-order valence-corrected chi connectivity index (χ4v) is 4.28. The van der Waals surface area contributed by atoms with Gasteiger partial charge in [-0.3, -0.25) is 0 Å². The van der Waals surface area contributed by atoms with Gasteiger partial charge in [-0.15, -0.1) is 5.54 Å². The van der Waals surface area contributed by atoms with E-state index in [4.69, 9.17) is 0 Å². The molecule has 148 valence electrons. The molecule has 0 radical (unpaired) electrons. The van der Waals surface area contributed by atoms with Crippen molar-refractivity contribution in [2.75, 3.05) is 13.1 Å². The van der Waals surface area contributed by atoms with Gasteiger partial charge in [-0.25, -0.2) is 12.8 Å². The van der Waals surface area contributed by atoms with E-state index >= 15 is 0 Å². The first-order valence-corrected chi connectivity index (χ1v) is 14.0. The van der Waals surface area contributed by atoms with Crippen LogP contribution in [0.25, 0.3) is 6.08 Å². The quantitative estimate of drug-likeness (QED) is 0.506. The Morgan fingerprint density at radius 2 is 1.64 bits per heavy atom. The van der Waals surface area contributed by atoms with Crippen LogP contribution in [0.5, 0.6) is 0 Å². The number of aryl methyl sites for hydroxylation is 1. The number of benzene rings is 2. The third-order valence-electron chi connectivity index (χ3n) is 3.87. The molecule has 0 atom stereocenters. The zero-order chi connectivity index (χ0) is 20.8. The summed E-state index contributed by atoms with van der Waals surface area (Å²) in [6, 6.07) is 12.9. The minimum Gasteiger partial charge on any atom is -0.207 e. The zero-order valence-electron chi connectivity index (χ0n) is 16.7. The van der Waals surface area contributed by atoms with Crippen LogP contribution >= 0.6 is 0 Å². The fraction of sp³-hybridized carbons (Fsp3) is 0.273. The minimum absolute atomic E-state index is 0.133. The highest BCUT2D eigenvalue weighted by atomic mass is 32.2. The van der Waals surface area contributed by atoms with E-state index in [0.717, 1.165) is 11.1 Å². The summed E-state index contributed by atoms with van der Waals surface area (Å²) in [6.45, 7) is 8.59. The van der Waals surface area contributed by atoms with Crippen LogP contribution in [0.3, 0.4) is 0 Å². The lowest BCUT2D eigenvalue weighted by Gasteiger charge is -2.19. The summed E-state index contributed by atoms with van der Waals surface area (Å²) in [5.74, 6) is 2.74. The molecule has 0 unspecified atom stereocenters. The standard InChI is InChI=1S/C22H26FNO2SSi/c1-19-8-14-22(15-9-19)27(25,26)24(17-6-18-28(2,3)4)16-5-7-20-10-12-21(23)13-11-20/h5,7-15H,16-17H2,1-4H3/b7-5+. The fourth-order valence-electron chi connectivity index (χ4n) is 2.38. The lowest BCUT2D eigenvalue weighted by Crippen LogP contribution is -2.32. The van der Waals surface area contributed by atoms with Crippen LogP contribution in [0.2, 0.25) is 19.6 Å². The number of rotatable bonds is 6. The maximum Gasteiger partial charge on any atom is 0.244 e. The van der Waals surface area contributed by atoms with Crippen molar-refractivity contribution in [3.63, 3.8) is 0 Å². The van der Waals surface area contributed by atoms with Crippen molar-refractivity contribution in [1.29, 1.82) is 0 Å². The zero-order valence-corrected chi connectivity index (χ0v) is 18.6. The summed E-state index contributed by atoms with van der Waals surface area (Å²) in [6.07, 6.45) is 3.54. The first-order valence-electron chi connectivity index (χ1n) is 9.07. The largest absolute Gasteiger partial charge is 0.244 e. The molecule has 2 aromatic carbocycles. The van der Waals surface area contributed by atoms with Gasteiger partial charge in [0.15, 0.2) is 0 Å². The van der Waals surface area contributed by atoms with Gasteiger partial charge in [0.2, 0.25) is 10.0 Å². The lowest BCUT2D eigenvalue weighted by molar-refractivity contribution is 0.478. The predicted octanol–water partition coefficient (Wildman–Crippen LogP) is 4.72. The van der Waals surface area contributed by atoms with E-state index in [-0.39, 0.29) is 23.8 Å². The molecule has 0 spiro atoms. The molecule has 0 aliphatic carbocycles. The Labute approximate surface area is 169 Å². The molecular formula is C22H26FNO2SSi. The molecule has 0 fully saturated rings. The van der Waals surface area contributed by atoms with Gasteiger partial charge in [0.25, 0.3) is 0 Å². The van der Waals surface area contributed by atoms with Gasteiger partial charge >= 0.3 is 0 Å². The third kappa shape index (κ3) is 6.75. The number of nitrogens with zero attached hydrogens (tertiary/aromatic N) is 1. The van der Waals surface area contributed by atoms with Gasteiger partial charge in [-0.2, -0.15) is 4.31 Å². The maximum absolute atomic E-state index is 13.1. The number of halogens is 1. The van der Waals surface area contributed by atoms with E-state index in [1.54, 1.807) is 48.6 Å². The van der Waals surface area contributed by atoms with Crippen molar-refractivity contribution >= 4 is 24.2 Å². The molecule has 0 heterocycles. The number of sulfonamides is 1. The Hall–Kier alpha value is -2.20. The summed E-state index contributed by atoms with van der Waals surface area (Å²) >= 11 is 0. The van der Waals surface area contributed by atoms with E-state index in [0.29, 0.717) is 0 Å². The van der Waals surface area contributed by atoms with E-state index in [1.807, 2.05) is 6.92 Å². The Morgan fingerprint density at radius 3 is 2.21 bits per heavy atom. The van der Waals surface area contributed by atoms with Crippen LogP contribution in [-0.4, -0.2) is 33.9 Å². The molecule has 3 nitrogen and oxygen atoms in total. The molecule has 0 aliphatic rings. The number of hydrogen-bond acceptors (Lipinski definition) is 2. The second kappa shape index (κ2) is 9.33. The van der Waals surface area contributed by atoms with Crippen LogP contribution in [0.15, 0.2) is 59.5 Å². The van der Waals surface area contributed by atoms with Gasteiger partial charge in [-0.1, -0.05) is 67.5 Å². The molecule has 0 aromatic heterocycles. The van der Waals surface area contributed by atoms with Crippen molar-refractivity contribution < 1.29 is 12.8 Å². The van der Waals surface area contributed by atoms with E-state index in [9.17, 15) is 12.8 Å². The van der Waals surface area contributed by atoms with Crippen LogP contribution in [0.1, 0.15) is 11.1 Å². The Bertz CT molecular complexity index is 980. The second-order valence-corrected chi connectivity index (χ2v) is 14.3. The average molecular weight is 416 g/mol. The molecule has 0 N–H and O–H groups in total. The number of hydrogen-bond donors (Lipinski definition) is 0. The first-order chi connectivity index (χ1) is 13.1. The summed E-state index contributed by atoms with van der Waals surface area (Å²) < 4.78 is 40.5. The molecule has 0 aliphatic heterocycles. The first kappa shape index (κ1) is 22.1. The monoisotopic (exact) mass is 415 g/mol. The van der Waals surface area contributed by atoms with Gasteiger partial charge in [0, 0.05) is 6.54 Å². The Morgan fingerprint density at radius 1 is 1.04 bits per heavy atom. The SMILES string of the molecule is Cc1ccc(S(=O)(=O)N(CC#C[Si](C)(C)C)C/C=C/c2ccc(F)cc2)cc1. The molecule has 28 heavy (non-hydrogen) atoms. The van der Waals surface area contributed by atoms with Crippen molar-refractivity contribution in [2.24, 2.45) is 0 Å². The smallest absolute Gasteiger partial charge is 0.207 e. The van der Waals surface area contributed by atoms with Gasteiger partial charge in [0.05, 0.1) is 11.4 Å². The van der Waals surface area contributed by atoms with Crippen molar-refractivity contribution in [3.8, 4) is 11.5 Å². The van der Waals surface area contributed by atoms with Crippen LogP contribution in [0, 0.1) is 24.2 Å². The molecule has 6 heteroatoms. The maximum atomic E-state index is 13.1. The Balaban J connectivity index is 2.26. The molecule has 2 rings (SSSR count). The van der Waals surface area contributed by atoms with Crippen LogP contribution < -0.4 is 0 Å². The summed E-state index contributed by atoms with van der Waals surface area (Å²) in [5.41, 5.74) is 5.02. The highest BCUT2D eigenvalue weighted by Crippen LogP contribution is 2.16. The van der Waals surface area contributed by atoms with Crippen LogP contribution in [-0.2, 0) is 10.0 Å². The van der Waals surface area contributed by atoms with Crippen molar-refractivity contribution in [2.45, 2.75) is 31.5 Å². The van der Waals surface area contributed by atoms with Gasteiger partial charge in [-0.05, 0) is 36.8 Å². The van der Waals surface area contributed by atoms with Crippen molar-refractivity contribution in [3.05, 3.63) is 71.6 Å². The van der Waals surface area contributed by atoms with E-state index < -0.39 is 18.1 Å². The summed E-state index contributed by atoms with van der Waals surface area (Å²) in [4.78, 5) is 0.253. The van der Waals surface area contributed by atoms with E-state index in [1.165, 1.54) is 16.4 Å². The van der Waals surface area contributed by atoms with Gasteiger partial charge in [0.1, 0.15) is 13.9 Å². The lowest BCUT2D eigenvalue weighted by atomic mass is 10.2. The minimum atomic E-state index is -3.66. The highest BCUT2D eigenvalue weighted by molar-refractivity contribution is 7.89. The van der Waals surface area contributed by atoms with Crippen molar-refractivity contribution in [1.82, 2.24) is 4.31 Å². The summed E-state index contributed by atoms with van der Waals surface area (Å²) in [7, 11) is -5.26. The molecular weight excluding hydrogens is 389 g/mol. The second-order valence-electron chi connectivity index (χ2n) is 7.62. The third-order valence-corrected chi connectivity index (χ3v) is 6.62. The van der Waals surface area contributed by atoms with E-state index in [2.05, 4.69) is 31.1 Å². The normalized spacial score (nSPS) is 12.2.